The van der Waals surface area contributed by atoms with Crippen molar-refractivity contribution in [3.63, 3.8) is 0 Å². The Morgan fingerprint density at radius 3 is 2.57 bits per heavy atom. The third-order valence-electron chi connectivity index (χ3n) is 8.80. The Hall–Kier alpha value is -3.90. The smallest absolute Gasteiger partial charge is 0.352 e. The molecule has 0 atom stereocenters. The summed E-state index contributed by atoms with van der Waals surface area (Å²) in [5.41, 5.74) is 7.70. The van der Waals surface area contributed by atoms with Crippen LogP contribution in [0.15, 0.2) is 59.5 Å². The van der Waals surface area contributed by atoms with Crippen molar-refractivity contribution in [2.24, 2.45) is 21.1 Å². The van der Waals surface area contributed by atoms with Crippen molar-refractivity contribution in [1.29, 1.82) is 0 Å². The van der Waals surface area contributed by atoms with E-state index in [-0.39, 0.29) is 11.2 Å². The topological polar surface area (TPSA) is 119 Å². The monoisotopic (exact) mass is 689 g/mol. The van der Waals surface area contributed by atoms with Crippen LogP contribution in [0.4, 0.5) is 0 Å². The number of ether oxygens (including phenoxy) is 1. The summed E-state index contributed by atoms with van der Waals surface area (Å²) >= 11 is 10.5. The van der Waals surface area contributed by atoms with Gasteiger partial charge in [-0.05, 0) is 55.0 Å². The fourth-order valence-electron chi connectivity index (χ4n) is 6.54. The molecule has 0 amide bonds. The maximum absolute atomic E-state index is 12.7. The molecule has 8 bridgehead atoms. The zero-order chi connectivity index (χ0) is 32.1. The number of aromatic carboxylic acids is 1. The van der Waals surface area contributed by atoms with Gasteiger partial charge in [-0.25, -0.2) is 4.79 Å². The lowest BCUT2D eigenvalue weighted by molar-refractivity contribution is 0.0685. The molecule has 0 saturated carbocycles. The van der Waals surface area contributed by atoms with Gasteiger partial charge in [0.15, 0.2) is 0 Å². The van der Waals surface area contributed by atoms with Crippen molar-refractivity contribution < 1.29 is 20.1 Å². The molecule has 9 nitrogen and oxygen atoms in total. The van der Waals surface area contributed by atoms with Gasteiger partial charge in [0.25, 0.3) is 0 Å². The summed E-state index contributed by atoms with van der Waals surface area (Å²) in [6.45, 7) is 2.48. The number of aryl methyl sites for hydroxylation is 4. The number of halogens is 1. The van der Waals surface area contributed by atoms with Crippen LogP contribution in [0.1, 0.15) is 45.2 Å². The van der Waals surface area contributed by atoms with E-state index in [1.54, 1.807) is 28.1 Å². The minimum Gasteiger partial charge on any atom is -0.493 e. The predicted molar refractivity (Wildman–Crippen MR) is 191 cm³/mol. The Balaban J connectivity index is 0.00000386. The highest BCUT2D eigenvalue weighted by Gasteiger charge is 2.27. The van der Waals surface area contributed by atoms with E-state index in [4.69, 9.17) is 26.5 Å². The highest BCUT2D eigenvalue weighted by Crippen LogP contribution is 2.43. The number of fused-ring (bicyclic) bond motifs is 8. The molecule has 7 rings (SSSR count). The molecule has 0 radical (unpaired) electrons. The quantitative estimate of drug-likeness (QED) is 0.192. The zero-order valence-electron chi connectivity index (χ0n) is 26.6. The van der Waals surface area contributed by atoms with Crippen LogP contribution in [-0.4, -0.2) is 47.3 Å². The number of hydrogen-bond donors (Lipinski definition) is 1. The van der Waals surface area contributed by atoms with Crippen molar-refractivity contribution in [2.75, 3.05) is 6.61 Å². The van der Waals surface area contributed by atoms with Crippen LogP contribution < -0.4 is 4.74 Å². The number of benzene rings is 3. The number of carbonyl (C=O) groups is 1. The lowest BCUT2D eigenvalue weighted by Gasteiger charge is -2.12. The molecule has 47 heavy (non-hydrogen) atoms. The van der Waals surface area contributed by atoms with Gasteiger partial charge >= 0.3 is 5.97 Å². The SMILES string of the molecule is Cc1c2c(nn1C)CSCc1cc(n(C)n1)CSc1cc(c3ccccc3c1)OCCCc1c(C(=O)O)n(C)c3c-2c(Cl)ccc13.O. The summed E-state index contributed by atoms with van der Waals surface area (Å²) in [4.78, 5) is 13.8. The number of hydrogen-bond acceptors (Lipinski definition) is 6. The van der Waals surface area contributed by atoms with Gasteiger partial charge < -0.3 is 19.9 Å². The first-order chi connectivity index (χ1) is 22.2. The number of rotatable bonds is 1. The second-order valence-corrected chi connectivity index (χ2v) is 14.1. The number of nitrogens with zero attached hydrogens (tertiary/aromatic N) is 5. The summed E-state index contributed by atoms with van der Waals surface area (Å²) in [6.07, 6.45) is 1.19. The third-order valence-corrected chi connectivity index (χ3v) is 11.1. The molecule has 4 heterocycles. The molecule has 0 aliphatic carbocycles. The normalized spacial score (nSPS) is 14.0. The van der Waals surface area contributed by atoms with Crippen LogP contribution in [0.5, 0.6) is 5.75 Å². The van der Waals surface area contributed by atoms with Gasteiger partial charge in [-0.15, -0.1) is 23.5 Å². The minimum absolute atomic E-state index is 0. The van der Waals surface area contributed by atoms with Crippen molar-refractivity contribution >= 4 is 62.8 Å². The first-order valence-corrected chi connectivity index (χ1v) is 17.7. The van der Waals surface area contributed by atoms with E-state index < -0.39 is 5.97 Å². The molecule has 0 fully saturated rings. The summed E-state index contributed by atoms with van der Waals surface area (Å²) < 4.78 is 12.1. The van der Waals surface area contributed by atoms with Crippen LogP contribution in [-0.2, 0) is 44.8 Å². The van der Waals surface area contributed by atoms with Crippen molar-refractivity contribution in [3.05, 3.63) is 93.7 Å². The van der Waals surface area contributed by atoms with Crippen molar-refractivity contribution in [1.82, 2.24) is 24.1 Å². The Labute approximate surface area is 286 Å². The van der Waals surface area contributed by atoms with Crippen molar-refractivity contribution in [3.8, 4) is 16.9 Å². The highest BCUT2D eigenvalue weighted by molar-refractivity contribution is 7.98. The number of thioether (sulfide) groups is 2. The maximum Gasteiger partial charge on any atom is 0.352 e. The largest absolute Gasteiger partial charge is 0.493 e. The molecule has 1 aliphatic rings. The van der Waals surface area contributed by atoms with Gasteiger partial charge in [-0.1, -0.05) is 41.9 Å². The summed E-state index contributed by atoms with van der Waals surface area (Å²) in [6, 6.07) is 18.6. The van der Waals surface area contributed by atoms with Gasteiger partial charge in [0.05, 0.1) is 28.5 Å². The van der Waals surface area contributed by atoms with Crippen LogP contribution in [0, 0.1) is 6.92 Å². The minimum atomic E-state index is -0.963. The second kappa shape index (κ2) is 13.3. The van der Waals surface area contributed by atoms with Crippen LogP contribution >= 0.6 is 35.1 Å². The first-order valence-electron chi connectivity index (χ1n) is 15.1. The van der Waals surface area contributed by atoms with Crippen LogP contribution in [0.2, 0.25) is 5.02 Å². The molecule has 0 saturated heterocycles. The van der Waals surface area contributed by atoms with Gasteiger partial charge in [0.2, 0.25) is 0 Å². The average Bonchev–Trinajstić information content (AvgIpc) is 3.63. The summed E-state index contributed by atoms with van der Waals surface area (Å²) in [5.74, 6) is 2.04. The van der Waals surface area contributed by atoms with E-state index in [9.17, 15) is 9.90 Å². The second-order valence-electron chi connectivity index (χ2n) is 11.7. The lowest BCUT2D eigenvalue weighted by atomic mass is 9.98. The predicted octanol–water partition coefficient (Wildman–Crippen LogP) is 7.35. The molecule has 3 aromatic heterocycles. The summed E-state index contributed by atoms with van der Waals surface area (Å²) in [5, 5.41) is 23.8. The molecule has 3 N–H and O–H groups in total. The highest BCUT2D eigenvalue weighted by atomic mass is 35.5. The maximum atomic E-state index is 12.7. The molecule has 0 unspecified atom stereocenters. The number of carboxylic acids is 1. The van der Waals surface area contributed by atoms with E-state index in [2.05, 4.69) is 30.3 Å². The zero-order valence-corrected chi connectivity index (χ0v) is 29.0. The molecule has 6 aromatic rings. The first kappa shape index (κ1) is 33.0. The molecule has 12 heteroatoms. The van der Waals surface area contributed by atoms with E-state index >= 15 is 0 Å². The molecule has 3 aromatic carbocycles. The Bertz CT molecular complexity index is 2150. The van der Waals surface area contributed by atoms with Gasteiger partial charge in [0.1, 0.15) is 11.4 Å². The molecular weight excluding hydrogens is 654 g/mol. The van der Waals surface area contributed by atoms with Gasteiger partial charge in [0, 0.05) is 76.6 Å². The number of carboxylic acid groups (broad SMARTS) is 1. The Morgan fingerprint density at radius 1 is 0.957 bits per heavy atom. The Kier molecular flexibility index (Phi) is 9.35. The van der Waals surface area contributed by atoms with Crippen molar-refractivity contribution in [2.45, 2.75) is 41.9 Å². The van der Waals surface area contributed by atoms with E-state index in [0.29, 0.717) is 30.2 Å². The Morgan fingerprint density at radius 2 is 1.77 bits per heavy atom. The van der Waals surface area contributed by atoms with E-state index in [1.165, 1.54) is 0 Å². The fourth-order valence-corrected chi connectivity index (χ4v) is 8.62. The molecule has 0 spiro atoms. The van der Waals surface area contributed by atoms with E-state index in [0.717, 1.165) is 83.3 Å². The average molecular weight is 690 g/mol. The van der Waals surface area contributed by atoms with Crippen LogP contribution in [0.3, 0.4) is 0 Å². The van der Waals surface area contributed by atoms with Crippen LogP contribution in [0.25, 0.3) is 32.8 Å². The fraction of sp³-hybridized carbons (Fsp3) is 0.286. The molecular formula is C35H36ClN5O4S2. The lowest BCUT2D eigenvalue weighted by Crippen LogP contribution is -2.09. The van der Waals surface area contributed by atoms with E-state index in [1.807, 2.05) is 61.7 Å². The number of aromatic nitrogens is 5. The third kappa shape index (κ3) is 6.01. The molecule has 244 valence electrons. The molecule has 1 aliphatic heterocycles. The van der Waals surface area contributed by atoms with Gasteiger partial charge in [-0.3, -0.25) is 9.36 Å². The standard InChI is InChI=1S/C35H34ClN5O3S2.H2O/c1-20-31-29(38-40(20)3)19-45-17-22-15-23(41(4)37-22)18-46-24-14-21-8-5-6-9-25(21)30(16-24)44-13-7-10-26-27-11-12-28(36)32(31)33(27)39(2)34(26)35(42)43;/h5-6,8-9,11-12,14-16H,7,10,13,17-19H2,1-4H3,(H,42,43);1H2. The van der Waals surface area contributed by atoms with Gasteiger partial charge in [-0.2, -0.15) is 10.2 Å². The summed E-state index contributed by atoms with van der Waals surface area (Å²) in [7, 11) is 5.75.